The highest BCUT2D eigenvalue weighted by Crippen LogP contribution is 2.62. The number of hydrogen-bond acceptors (Lipinski definition) is 3. The predicted molar refractivity (Wildman–Crippen MR) is 89.1 cm³/mol. The summed E-state index contributed by atoms with van der Waals surface area (Å²) in [6.07, 6.45) is 3.70. The van der Waals surface area contributed by atoms with Crippen LogP contribution in [0, 0.1) is 16.7 Å². The Hall–Kier alpha value is -1.97. The van der Waals surface area contributed by atoms with E-state index in [1.54, 1.807) is 0 Å². The Balaban J connectivity index is 1.64. The van der Waals surface area contributed by atoms with E-state index in [0.29, 0.717) is 11.6 Å². The number of nitrogens with one attached hydrogen (secondary N) is 1. The van der Waals surface area contributed by atoms with Gasteiger partial charge in [-0.25, -0.2) is 0 Å². The lowest BCUT2D eigenvalue weighted by Gasteiger charge is -2.43. The lowest BCUT2D eigenvalue weighted by atomic mass is 9.68. The Kier molecular flexibility index (Phi) is 3.03. The highest BCUT2D eigenvalue weighted by molar-refractivity contribution is 5.99. The van der Waals surface area contributed by atoms with Crippen molar-refractivity contribution in [2.45, 2.75) is 46.1 Å². The molecule has 2 saturated carbocycles. The average Bonchev–Trinajstić information content (AvgIpc) is 3.07. The summed E-state index contributed by atoms with van der Waals surface area (Å²) in [5.41, 5.74) is 2.38. The van der Waals surface area contributed by atoms with Gasteiger partial charge in [0.25, 0.3) is 5.91 Å². The van der Waals surface area contributed by atoms with Crippen LogP contribution in [0.5, 0.6) is 0 Å². The van der Waals surface area contributed by atoms with E-state index in [-0.39, 0.29) is 22.8 Å². The fourth-order valence-electron chi connectivity index (χ4n) is 5.01. The fourth-order valence-corrected chi connectivity index (χ4v) is 5.01. The maximum absolute atomic E-state index is 12.9. The third-order valence-electron chi connectivity index (χ3n) is 6.29. The standard InChI is InChI=1S/C19H23N3O/c1-18(2)12-9-10-19(3,11-12)17(18)20-16(23)15-13-7-5-4-6-8-14(13)21-22-15/h4-8,12,17H,9-11H2,1-3H3,(H,20,23)/t12?,17-,19?/m1/s1. The molecule has 2 fully saturated rings. The summed E-state index contributed by atoms with van der Waals surface area (Å²) in [7, 11) is 0. The van der Waals surface area contributed by atoms with Gasteiger partial charge < -0.3 is 5.32 Å². The van der Waals surface area contributed by atoms with Crippen LogP contribution in [0.3, 0.4) is 0 Å². The number of nitrogens with zero attached hydrogens (tertiary/aromatic N) is 2. The fraction of sp³-hybridized carbons (Fsp3) is 0.526. The quantitative estimate of drug-likeness (QED) is 0.923. The topological polar surface area (TPSA) is 54.9 Å². The second-order valence-corrected chi connectivity index (χ2v) is 8.08. The number of hydrogen-bond donors (Lipinski definition) is 1. The maximum Gasteiger partial charge on any atom is 0.272 e. The second-order valence-electron chi connectivity index (χ2n) is 8.08. The minimum Gasteiger partial charge on any atom is -0.347 e. The van der Waals surface area contributed by atoms with Crippen molar-refractivity contribution in [3.05, 3.63) is 36.0 Å². The molecule has 2 bridgehead atoms. The zero-order chi connectivity index (χ0) is 16.2. The molecule has 1 amide bonds. The largest absolute Gasteiger partial charge is 0.347 e. The number of fused-ring (bicyclic) bond motifs is 3. The molecule has 0 radical (unpaired) electrons. The lowest BCUT2D eigenvalue weighted by molar-refractivity contribution is 0.0734. The minimum atomic E-state index is -0.0921. The molecule has 0 aromatic heterocycles. The molecular weight excluding hydrogens is 286 g/mol. The van der Waals surface area contributed by atoms with Gasteiger partial charge in [-0.15, -0.1) is 10.2 Å². The smallest absolute Gasteiger partial charge is 0.272 e. The first-order valence-corrected chi connectivity index (χ1v) is 8.44. The molecule has 3 aliphatic carbocycles. The van der Waals surface area contributed by atoms with Gasteiger partial charge in [0, 0.05) is 11.6 Å². The number of carbonyl (C=O) groups excluding carboxylic acids is 1. The third kappa shape index (κ3) is 2.07. The lowest BCUT2D eigenvalue weighted by Crippen LogP contribution is -2.52. The highest BCUT2D eigenvalue weighted by Gasteiger charge is 2.59. The first kappa shape index (κ1) is 14.6. The molecule has 23 heavy (non-hydrogen) atoms. The molecule has 0 aromatic carbocycles. The van der Waals surface area contributed by atoms with Crippen LogP contribution < -0.4 is 5.32 Å². The molecular formula is C19H23N3O. The Labute approximate surface area is 137 Å². The molecule has 4 aliphatic rings. The maximum atomic E-state index is 12.9. The van der Waals surface area contributed by atoms with E-state index in [4.69, 9.17) is 0 Å². The van der Waals surface area contributed by atoms with Gasteiger partial charge in [-0.3, -0.25) is 4.79 Å². The zero-order valence-electron chi connectivity index (χ0n) is 14.0. The van der Waals surface area contributed by atoms with Gasteiger partial charge in [0.15, 0.2) is 5.69 Å². The summed E-state index contributed by atoms with van der Waals surface area (Å²) >= 11 is 0. The highest BCUT2D eigenvalue weighted by atomic mass is 16.2. The molecule has 4 nitrogen and oxygen atoms in total. The SMILES string of the molecule is CC12CCC(C1)C(C)(C)[C@H]2NC(=O)c1nnc2cccccc1-2. The van der Waals surface area contributed by atoms with Crippen LogP contribution in [0.15, 0.2) is 30.3 Å². The van der Waals surface area contributed by atoms with Gasteiger partial charge in [0.2, 0.25) is 0 Å². The zero-order valence-corrected chi connectivity index (χ0v) is 14.0. The van der Waals surface area contributed by atoms with Crippen LogP contribution in [0.1, 0.15) is 50.5 Å². The Morgan fingerprint density at radius 1 is 1.17 bits per heavy atom. The summed E-state index contributed by atoms with van der Waals surface area (Å²) in [5.74, 6) is 0.614. The number of carbonyl (C=O) groups is 1. The van der Waals surface area contributed by atoms with E-state index in [0.717, 1.165) is 11.3 Å². The van der Waals surface area contributed by atoms with E-state index in [1.165, 1.54) is 19.3 Å². The Bertz CT molecular complexity index is 736. The number of rotatable bonds is 2. The second kappa shape index (κ2) is 4.76. The number of aromatic nitrogens is 2. The van der Waals surface area contributed by atoms with Crippen molar-refractivity contribution < 1.29 is 4.79 Å². The molecule has 4 heteroatoms. The normalized spacial score (nSPS) is 31.4. The van der Waals surface area contributed by atoms with Gasteiger partial charge in [-0.05, 0) is 42.1 Å². The summed E-state index contributed by atoms with van der Waals surface area (Å²) in [6.45, 7) is 6.91. The summed E-state index contributed by atoms with van der Waals surface area (Å²) in [6, 6.07) is 9.78. The molecule has 2 unspecified atom stereocenters. The molecule has 0 aromatic rings. The van der Waals surface area contributed by atoms with Crippen LogP contribution in [0.2, 0.25) is 0 Å². The van der Waals surface area contributed by atoms with Gasteiger partial charge in [0.05, 0.1) is 5.69 Å². The van der Waals surface area contributed by atoms with E-state index in [9.17, 15) is 4.79 Å². The Morgan fingerprint density at radius 2 is 1.96 bits per heavy atom. The van der Waals surface area contributed by atoms with Crippen molar-refractivity contribution in [3.8, 4) is 11.3 Å². The van der Waals surface area contributed by atoms with Crippen molar-refractivity contribution in [1.29, 1.82) is 0 Å². The summed E-state index contributed by atoms with van der Waals surface area (Å²) < 4.78 is 0. The molecule has 120 valence electrons. The van der Waals surface area contributed by atoms with Crippen LogP contribution in [-0.2, 0) is 0 Å². The molecule has 1 heterocycles. The van der Waals surface area contributed by atoms with E-state index < -0.39 is 0 Å². The van der Waals surface area contributed by atoms with Crippen molar-refractivity contribution in [2.75, 3.05) is 0 Å². The predicted octanol–water partition coefficient (Wildman–Crippen LogP) is 3.53. The van der Waals surface area contributed by atoms with Crippen molar-refractivity contribution in [3.63, 3.8) is 0 Å². The van der Waals surface area contributed by atoms with Crippen molar-refractivity contribution >= 4 is 5.91 Å². The van der Waals surface area contributed by atoms with Gasteiger partial charge in [-0.2, -0.15) is 0 Å². The molecule has 1 N–H and O–H groups in total. The van der Waals surface area contributed by atoms with Gasteiger partial charge in [0.1, 0.15) is 0 Å². The van der Waals surface area contributed by atoms with Crippen LogP contribution in [-0.4, -0.2) is 22.1 Å². The molecule has 0 spiro atoms. The molecule has 4 rings (SSSR count). The Morgan fingerprint density at radius 3 is 2.70 bits per heavy atom. The first-order chi connectivity index (χ1) is 10.9. The first-order valence-electron chi connectivity index (χ1n) is 8.44. The van der Waals surface area contributed by atoms with Gasteiger partial charge >= 0.3 is 0 Å². The van der Waals surface area contributed by atoms with Gasteiger partial charge in [-0.1, -0.05) is 45.0 Å². The summed E-state index contributed by atoms with van der Waals surface area (Å²) in [4.78, 5) is 12.9. The van der Waals surface area contributed by atoms with E-state index >= 15 is 0 Å². The van der Waals surface area contributed by atoms with E-state index in [1.807, 2.05) is 30.3 Å². The average molecular weight is 309 g/mol. The molecule has 1 aliphatic heterocycles. The van der Waals surface area contributed by atoms with Crippen molar-refractivity contribution in [2.24, 2.45) is 16.7 Å². The monoisotopic (exact) mass is 309 g/mol. The summed E-state index contributed by atoms with van der Waals surface area (Å²) in [5, 5.41) is 11.6. The van der Waals surface area contributed by atoms with Crippen LogP contribution in [0.25, 0.3) is 11.3 Å². The van der Waals surface area contributed by atoms with Crippen LogP contribution in [0.4, 0.5) is 0 Å². The number of amides is 1. The third-order valence-corrected chi connectivity index (χ3v) is 6.29. The molecule has 0 saturated heterocycles. The molecule has 3 atom stereocenters. The van der Waals surface area contributed by atoms with Crippen molar-refractivity contribution in [1.82, 2.24) is 15.5 Å². The van der Waals surface area contributed by atoms with Crippen LogP contribution >= 0.6 is 0 Å². The minimum absolute atomic E-state index is 0.0921. The van der Waals surface area contributed by atoms with E-state index in [2.05, 4.69) is 36.3 Å².